The van der Waals surface area contributed by atoms with Gasteiger partial charge in [-0.05, 0) is 61.6 Å². The molecule has 0 fully saturated rings. The molecule has 0 unspecified atom stereocenters. The molecule has 2 N–H and O–H groups in total. The van der Waals surface area contributed by atoms with E-state index < -0.39 is 10.0 Å². The third-order valence-electron chi connectivity index (χ3n) is 3.74. The Morgan fingerprint density at radius 2 is 1.74 bits per heavy atom. The largest absolute Gasteiger partial charge is 0.505 e. The Morgan fingerprint density at radius 1 is 1.09 bits per heavy atom. The van der Waals surface area contributed by atoms with E-state index in [1.54, 1.807) is 31.2 Å². The summed E-state index contributed by atoms with van der Waals surface area (Å²) >= 11 is 0. The smallest absolute Gasteiger partial charge is 0.262 e. The molecule has 2 aromatic carbocycles. The van der Waals surface area contributed by atoms with Gasteiger partial charge < -0.3 is 5.11 Å². The lowest BCUT2D eigenvalue weighted by molar-refractivity contribution is 0.473. The van der Waals surface area contributed by atoms with E-state index >= 15 is 0 Å². The molecule has 4 nitrogen and oxygen atoms in total. The Hall–Kier alpha value is -2.01. The van der Waals surface area contributed by atoms with Gasteiger partial charge in [-0.25, -0.2) is 8.42 Å². The number of unbranched alkanes of at least 4 members (excludes halogenated alkanes) is 1. The Labute approximate surface area is 138 Å². The predicted octanol–water partition coefficient (Wildman–Crippen LogP) is 4.15. The van der Waals surface area contributed by atoms with Crippen LogP contribution in [0.15, 0.2) is 41.3 Å². The van der Waals surface area contributed by atoms with Crippen LogP contribution >= 0.6 is 0 Å². The molecule has 23 heavy (non-hydrogen) atoms. The zero-order valence-electron chi connectivity index (χ0n) is 13.8. The Balaban J connectivity index is 2.25. The van der Waals surface area contributed by atoms with Crippen molar-refractivity contribution in [1.82, 2.24) is 0 Å². The minimum atomic E-state index is -3.72. The number of hydrogen-bond donors (Lipinski definition) is 2. The number of anilines is 1. The highest BCUT2D eigenvalue weighted by Crippen LogP contribution is 2.30. The maximum atomic E-state index is 12.5. The van der Waals surface area contributed by atoms with Gasteiger partial charge in [0.05, 0.1) is 10.6 Å². The molecule has 2 rings (SSSR count). The molecule has 0 radical (unpaired) electrons. The van der Waals surface area contributed by atoms with Crippen LogP contribution in [-0.4, -0.2) is 13.5 Å². The van der Waals surface area contributed by atoms with Crippen LogP contribution in [0.5, 0.6) is 5.75 Å². The molecule has 0 aliphatic carbocycles. The Bertz CT molecular complexity index is 781. The summed E-state index contributed by atoms with van der Waals surface area (Å²) in [7, 11) is -3.72. The van der Waals surface area contributed by atoms with Crippen LogP contribution in [0, 0.1) is 13.8 Å². The van der Waals surface area contributed by atoms with E-state index in [0.717, 1.165) is 30.4 Å². The van der Waals surface area contributed by atoms with Gasteiger partial charge in [0.2, 0.25) is 0 Å². The molecular weight excluding hydrogens is 310 g/mol. The first kappa shape index (κ1) is 17.3. The average Bonchev–Trinajstić information content (AvgIpc) is 2.50. The first-order valence-corrected chi connectivity index (χ1v) is 9.24. The molecule has 0 amide bonds. The summed E-state index contributed by atoms with van der Waals surface area (Å²) in [6, 6.07) is 10.3. The summed E-state index contributed by atoms with van der Waals surface area (Å²) in [6.45, 7) is 5.72. The molecule has 2 aromatic rings. The van der Waals surface area contributed by atoms with Gasteiger partial charge in [-0.2, -0.15) is 0 Å². The maximum absolute atomic E-state index is 12.5. The van der Waals surface area contributed by atoms with Crippen molar-refractivity contribution in [2.45, 2.75) is 44.9 Å². The number of nitrogens with one attached hydrogen (secondary N) is 1. The van der Waals surface area contributed by atoms with Crippen LogP contribution in [0.2, 0.25) is 0 Å². The fourth-order valence-corrected chi connectivity index (χ4v) is 3.51. The lowest BCUT2D eigenvalue weighted by Gasteiger charge is -2.12. The first-order valence-electron chi connectivity index (χ1n) is 7.75. The molecule has 0 aliphatic heterocycles. The van der Waals surface area contributed by atoms with Crippen molar-refractivity contribution in [3.63, 3.8) is 0 Å². The van der Waals surface area contributed by atoms with Gasteiger partial charge in [0.15, 0.2) is 0 Å². The second-order valence-electron chi connectivity index (χ2n) is 5.83. The summed E-state index contributed by atoms with van der Waals surface area (Å²) in [5.41, 5.74) is 2.85. The number of rotatable bonds is 6. The van der Waals surface area contributed by atoms with Gasteiger partial charge in [0, 0.05) is 0 Å². The third kappa shape index (κ3) is 4.26. The second-order valence-corrected chi connectivity index (χ2v) is 7.51. The number of sulfonamides is 1. The fraction of sp³-hybridized carbons (Fsp3) is 0.333. The molecule has 0 atom stereocenters. The minimum absolute atomic E-state index is 0.0428. The molecular formula is C18H23NO3S. The summed E-state index contributed by atoms with van der Waals surface area (Å²) in [5.74, 6) is -0.0428. The number of aromatic hydroxyl groups is 1. The fourth-order valence-electron chi connectivity index (χ4n) is 2.46. The van der Waals surface area contributed by atoms with Gasteiger partial charge in [-0.3, -0.25) is 4.72 Å². The van der Waals surface area contributed by atoms with Gasteiger partial charge >= 0.3 is 0 Å². The van der Waals surface area contributed by atoms with Gasteiger partial charge in [-0.1, -0.05) is 31.5 Å². The van der Waals surface area contributed by atoms with Gasteiger partial charge in [0.1, 0.15) is 5.75 Å². The van der Waals surface area contributed by atoms with Crippen LogP contribution in [0.25, 0.3) is 0 Å². The topological polar surface area (TPSA) is 66.4 Å². The van der Waals surface area contributed by atoms with Crippen molar-refractivity contribution in [3.8, 4) is 5.75 Å². The number of aryl methyl sites for hydroxylation is 3. The van der Waals surface area contributed by atoms with Crippen molar-refractivity contribution in [1.29, 1.82) is 0 Å². The van der Waals surface area contributed by atoms with E-state index in [0.29, 0.717) is 5.56 Å². The quantitative estimate of drug-likeness (QED) is 0.780. The molecule has 0 aliphatic rings. The van der Waals surface area contributed by atoms with E-state index in [9.17, 15) is 13.5 Å². The molecule has 124 valence electrons. The predicted molar refractivity (Wildman–Crippen MR) is 93.4 cm³/mol. The number of hydrogen-bond acceptors (Lipinski definition) is 3. The third-order valence-corrected chi connectivity index (χ3v) is 5.12. The molecule has 0 spiro atoms. The lowest BCUT2D eigenvalue weighted by atomic mass is 10.1. The summed E-state index contributed by atoms with van der Waals surface area (Å²) in [6.07, 6.45) is 3.14. The van der Waals surface area contributed by atoms with Crippen LogP contribution in [-0.2, 0) is 16.4 Å². The van der Waals surface area contributed by atoms with Crippen molar-refractivity contribution in [2.75, 3.05) is 4.72 Å². The number of phenolic OH excluding ortho intramolecular Hbond substituents is 1. The monoisotopic (exact) mass is 333 g/mol. The first-order chi connectivity index (χ1) is 10.8. The Kier molecular flexibility index (Phi) is 5.31. The van der Waals surface area contributed by atoms with Gasteiger partial charge in [-0.15, -0.1) is 0 Å². The van der Waals surface area contributed by atoms with Crippen molar-refractivity contribution in [2.24, 2.45) is 0 Å². The van der Waals surface area contributed by atoms with Crippen LogP contribution in [0.4, 0.5) is 5.69 Å². The molecule has 0 saturated carbocycles. The van der Waals surface area contributed by atoms with Crippen molar-refractivity contribution >= 4 is 15.7 Å². The standard InChI is InChI=1S/C18H23NO3S/c1-4-5-6-15-7-9-16(10-8-15)23(21,22)19-17-12-13(2)11-14(3)18(17)20/h7-12,19-20H,4-6H2,1-3H3. The zero-order chi connectivity index (χ0) is 17.0. The van der Waals surface area contributed by atoms with Gasteiger partial charge in [0.25, 0.3) is 10.0 Å². The summed E-state index contributed by atoms with van der Waals surface area (Å²) in [4.78, 5) is 0.191. The average molecular weight is 333 g/mol. The SMILES string of the molecule is CCCCc1ccc(S(=O)(=O)Nc2cc(C)cc(C)c2O)cc1. The number of phenols is 1. The molecule has 0 saturated heterocycles. The van der Waals surface area contributed by atoms with Crippen molar-refractivity contribution < 1.29 is 13.5 Å². The van der Waals surface area contributed by atoms with Crippen molar-refractivity contribution in [3.05, 3.63) is 53.1 Å². The summed E-state index contributed by atoms with van der Waals surface area (Å²) < 4.78 is 27.4. The Morgan fingerprint density at radius 3 is 2.35 bits per heavy atom. The highest BCUT2D eigenvalue weighted by atomic mass is 32.2. The van der Waals surface area contributed by atoms with E-state index in [1.165, 1.54) is 0 Å². The minimum Gasteiger partial charge on any atom is -0.505 e. The zero-order valence-corrected chi connectivity index (χ0v) is 14.6. The number of benzene rings is 2. The normalized spacial score (nSPS) is 11.4. The highest BCUT2D eigenvalue weighted by Gasteiger charge is 2.17. The second kappa shape index (κ2) is 7.04. The van der Waals surface area contributed by atoms with E-state index in [4.69, 9.17) is 0 Å². The molecule has 0 aromatic heterocycles. The molecule has 0 heterocycles. The van der Waals surface area contributed by atoms with E-state index in [1.807, 2.05) is 19.1 Å². The van der Waals surface area contributed by atoms with E-state index in [2.05, 4.69) is 11.6 Å². The van der Waals surface area contributed by atoms with Crippen LogP contribution in [0.3, 0.4) is 0 Å². The van der Waals surface area contributed by atoms with Crippen LogP contribution < -0.4 is 4.72 Å². The summed E-state index contributed by atoms with van der Waals surface area (Å²) in [5, 5.41) is 10.0. The van der Waals surface area contributed by atoms with Crippen LogP contribution in [0.1, 0.15) is 36.5 Å². The van der Waals surface area contributed by atoms with E-state index in [-0.39, 0.29) is 16.3 Å². The lowest BCUT2D eigenvalue weighted by Crippen LogP contribution is -2.13. The molecule has 0 bridgehead atoms. The molecule has 5 heteroatoms. The highest BCUT2D eigenvalue weighted by molar-refractivity contribution is 7.92. The maximum Gasteiger partial charge on any atom is 0.262 e.